The van der Waals surface area contributed by atoms with Crippen molar-refractivity contribution in [2.45, 2.75) is 58.2 Å². The van der Waals surface area contributed by atoms with E-state index in [-0.39, 0.29) is 11.5 Å². The zero-order valence-corrected chi connectivity index (χ0v) is 17.3. The van der Waals surface area contributed by atoms with E-state index in [2.05, 4.69) is 26.0 Å². The highest BCUT2D eigenvalue weighted by Crippen LogP contribution is 2.46. The van der Waals surface area contributed by atoms with Gasteiger partial charge in [0.2, 0.25) is 0 Å². The molecule has 0 radical (unpaired) electrons. The molecule has 2 bridgehead atoms. The van der Waals surface area contributed by atoms with Crippen LogP contribution in [0.5, 0.6) is 0 Å². The highest BCUT2D eigenvalue weighted by molar-refractivity contribution is 6.30. The van der Waals surface area contributed by atoms with Crippen molar-refractivity contribution < 1.29 is 14.6 Å². The molecule has 2 aliphatic rings. The number of aliphatic hydroxyl groups excluding tert-OH is 1. The molecule has 4 heteroatoms. The predicted octanol–water partition coefficient (Wildman–Crippen LogP) is 5.92. The van der Waals surface area contributed by atoms with Gasteiger partial charge < -0.3 is 9.84 Å². The Labute approximate surface area is 171 Å². The average molecular weight is 397 g/mol. The van der Waals surface area contributed by atoms with Crippen LogP contribution >= 0.6 is 11.6 Å². The van der Waals surface area contributed by atoms with Gasteiger partial charge in [0, 0.05) is 5.02 Å². The lowest BCUT2D eigenvalue weighted by molar-refractivity contribution is -0.130. The maximum Gasteiger partial charge on any atom is 0.195 e. The molecule has 28 heavy (non-hydrogen) atoms. The second-order valence-corrected chi connectivity index (χ2v) is 8.28. The molecule has 146 valence electrons. The molecular weight excluding hydrogens is 372 g/mol. The van der Waals surface area contributed by atoms with Crippen LogP contribution in [0.1, 0.15) is 50.3 Å². The lowest BCUT2D eigenvalue weighted by atomic mass is 9.83. The molecular formula is C24H25ClO3. The van der Waals surface area contributed by atoms with Crippen LogP contribution < -0.4 is 0 Å². The summed E-state index contributed by atoms with van der Waals surface area (Å²) in [5.41, 5.74) is 4.94. The van der Waals surface area contributed by atoms with Crippen LogP contribution in [0.3, 0.4) is 0 Å². The number of Topliss-reactive ketones (excluding diaryl/α,β-unsaturated/α-hetero) is 1. The number of fused-ring (bicyclic) bond motifs is 2. The summed E-state index contributed by atoms with van der Waals surface area (Å²) >= 11 is 6.04. The van der Waals surface area contributed by atoms with Gasteiger partial charge >= 0.3 is 0 Å². The van der Waals surface area contributed by atoms with Gasteiger partial charge in [0.15, 0.2) is 5.78 Å². The Hall–Kier alpha value is -2.10. The summed E-state index contributed by atoms with van der Waals surface area (Å²) in [5.74, 6) is 0.00557. The molecule has 2 aromatic rings. The minimum absolute atomic E-state index is 0.0869. The summed E-state index contributed by atoms with van der Waals surface area (Å²) in [7, 11) is 0. The van der Waals surface area contributed by atoms with Crippen LogP contribution in [0, 0.1) is 0 Å². The normalized spacial score (nSPS) is 24.1. The molecule has 4 rings (SSSR count). The molecule has 0 unspecified atom stereocenters. The number of carbonyl (C=O) groups excluding carboxylic acids is 1. The summed E-state index contributed by atoms with van der Waals surface area (Å²) in [6, 6.07) is 12.0. The largest absolute Gasteiger partial charge is 0.508 e. The van der Waals surface area contributed by atoms with E-state index in [9.17, 15) is 9.90 Å². The molecule has 0 saturated carbocycles. The van der Waals surface area contributed by atoms with Crippen LogP contribution in [0.2, 0.25) is 5.02 Å². The maximum absolute atomic E-state index is 13.1. The molecule has 0 spiro atoms. The van der Waals surface area contributed by atoms with E-state index < -0.39 is 11.7 Å². The number of ether oxygens (including phenoxy) is 1. The van der Waals surface area contributed by atoms with Crippen LogP contribution in [-0.4, -0.2) is 22.6 Å². The lowest BCUT2D eigenvalue weighted by Crippen LogP contribution is -2.38. The first-order valence-corrected chi connectivity index (χ1v) is 10.3. The molecule has 2 aromatic carbocycles. The van der Waals surface area contributed by atoms with Crippen molar-refractivity contribution in [3.63, 3.8) is 0 Å². The van der Waals surface area contributed by atoms with E-state index in [1.807, 2.05) is 31.2 Å². The minimum Gasteiger partial charge on any atom is -0.508 e. The average Bonchev–Trinajstić information content (AvgIpc) is 3.08. The summed E-state index contributed by atoms with van der Waals surface area (Å²) < 4.78 is 5.84. The van der Waals surface area contributed by atoms with Gasteiger partial charge in [0.05, 0.1) is 5.57 Å². The fourth-order valence-electron chi connectivity index (χ4n) is 4.44. The zero-order chi connectivity index (χ0) is 20.1. The Kier molecular flexibility index (Phi) is 4.84. The Bertz CT molecular complexity index is 949. The standard InChI is InChI=1S/C24H25ClO3/c1-4-14-12-17(16-6-8-18(25)9-7-16)13-15(5-2)20(14)21-22(26)19-10-11-24(3,28-19)23(21)27/h6-9,12-13,19,27H,4-5,10-11H2,1-3H3/t19-,24+/m0/s1. The van der Waals surface area contributed by atoms with Gasteiger partial charge in [-0.05, 0) is 72.6 Å². The number of benzene rings is 2. The molecule has 1 fully saturated rings. The number of aliphatic hydroxyl groups is 1. The fourth-order valence-corrected chi connectivity index (χ4v) is 4.56. The predicted molar refractivity (Wildman–Crippen MR) is 113 cm³/mol. The molecule has 2 heterocycles. The third kappa shape index (κ3) is 2.98. The molecule has 2 aliphatic heterocycles. The Morgan fingerprint density at radius 2 is 1.71 bits per heavy atom. The van der Waals surface area contributed by atoms with Gasteiger partial charge in [-0.1, -0.05) is 49.7 Å². The SMILES string of the molecule is CCc1cc(-c2ccc(Cl)cc2)cc(CC)c1C1=C(O)[C@@]2(C)CC[C@H](O2)C1=O. The van der Waals surface area contributed by atoms with Crippen LogP contribution in [0.15, 0.2) is 42.2 Å². The zero-order valence-electron chi connectivity index (χ0n) is 16.5. The third-order valence-electron chi connectivity index (χ3n) is 6.05. The van der Waals surface area contributed by atoms with Gasteiger partial charge in [-0.25, -0.2) is 0 Å². The van der Waals surface area contributed by atoms with Crippen molar-refractivity contribution in [1.29, 1.82) is 0 Å². The highest BCUT2D eigenvalue weighted by Gasteiger charge is 2.50. The number of carbonyl (C=O) groups is 1. The Morgan fingerprint density at radius 3 is 2.29 bits per heavy atom. The molecule has 0 amide bonds. The number of halogens is 1. The highest BCUT2D eigenvalue weighted by atomic mass is 35.5. The van der Waals surface area contributed by atoms with E-state index in [1.165, 1.54) is 0 Å². The van der Waals surface area contributed by atoms with E-state index in [1.54, 1.807) is 0 Å². The van der Waals surface area contributed by atoms with Crippen LogP contribution in [0.4, 0.5) is 0 Å². The first-order valence-electron chi connectivity index (χ1n) is 9.95. The quantitative estimate of drug-likeness (QED) is 0.697. The van der Waals surface area contributed by atoms with E-state index in [4.69, 9.17) is 16.3 Å². The molecule has 3 nitrogen and oxygen atoms in total. The molecule has 0 aliphatic carbocycles. The molecule has 0 aromatic heterocycles. The molecule has 1 saturated heterocycles. The molecule has 1 N–H and O–H groups in total. The smallest absolute Gasteiger partial charge is 0.195 e. The van der Waals surface area contributed by atoms with Crippen molar-refractivity contribution in [1.82, 2.24) is 0 Å². The van der Waals surface area contributed by atoms with Crippen LogP contribution in [0.25, 0.3) is 16.7 Å². The second-order valence-electron chi connectivity index (χ2n) is 7.85. The molecule has 2 atom stereocenters. The Morgan fingerprint density at radius 1 is 1.11 bits per heavy atom. The summed E-state index contributed by atoms with van der Waals surface area (Å²) in [6.07, 6.45) is 2.44. The van der Waals surface area contributed by atoms with Crippen molar-refractivity contribution in [2.24, 2.45) is 0 Å². The first kappa shape index (κ1) is 19.2. The summed E-state index contributed by atoms with van der Waals surface area (Å²) in [4.78, 5) is 13.1. The van der Waals surface area contributed by atoms with Crippen molar-refractivity contribution in [2.75, 3.05) is 0 Å². The monoisotopic (exact) mass is 396 g/mol. The van der Waals surface area contributed by atoms with Crippen molar-refractivity contribution >= 4 is 23.0 Å². The third-order valence-corrected chi connectivity index (χ3v) is 6.31. The van der Waals surface area contributed by atoms with Crippen molar-refractivity contribution in [3.05, 3.63) is 63.9 Å². The van der Waals surface area contributed by atoms with Gasteiger partial charge in [-0.3, -0.25) is 4.79 Å². The number of hydrogen-bond donors (Lipinski definition) is 1. The maximum atomic E-state index is 13.1. The van der Waals surface area contributed by atoms with Gasteiger partial charge in [0.1, 0.15) is 17.5 Å². The first-order chi connectivity index (χ1) is 13.4. The summed E-state index contributed by atoms with van der Waals surface area (Å²) in [6.45, 7) is 6.05. The van der Waals surface area contributed by atoms with Gasteiger partial charge in [-0.2, -0.15) is 0 Å². The van der Waals surface area contributed by atoms with E-state index >= 15 is 0 Å². The summed E-state index contributed by atoms with van der Waals surface area (Å²) in [5, 5.41) is 11.7. The lowest BCUT2D eigenvalue weighted by Gasteiger charge is -2.32. The Balaban J connectivity index is 1.92. The van der Waals surface area contributed by atoms with Gasteiger partial charge in [0.25, 0.3) is 0 Å². The minimum atomic E-state index is -0.751. The number of hydrogen-bond acceptors (Lipinski definition) is 3. The fraction of sp³-hybridized carbons (Fsp3) is 0.375. The number of rotatable bonds is 4. The van der Waals surface area contributed by atoms with Crippen molar-refractivity contribution in [3.8, 4) is 11.1 Å². The van der Waals surface area contributed by atoms with E-state index in [0.29, 0.717) is 23.4 Å². The second kappa shape index (κ2) is 7.06. The van der Waals surface area contributed by atoms with Crippen LogP contribution in [-0.2, 0) is 22.4 Å². The van der Waals surface area contributed by atoms with E-state index in [0.717, 1.165) is 40.7 Å². The number of aryl methyl sites for hydroxylation is 2. The number of ketones is 1. The van der Waals surface area contributed by atoms with Gasteiger partial charge in [-0.15, -0.1) is 0 Å². The topological polar surface area (TPSA) is 46.5 Å².